The van der Waals surface area contributed by atoms with Crippen LogP contribution in [0.5, 0.6) is 0 Å². The van der Waals surface area contributed by atoms with Crippen LogP contribution >= 0.6 is 11.6 Å². The maximum absolute atomic E-state index is 12.1. The Labute approximate surface area is 117 Å². The van der Waals surface area contributed by atoms with Gasteiger partial charge in [0.2, 0.25) is 0 Å². The molecule has 1 atom stereocenters. The Morgan fingerprint density at radius 3 is 2.68 bits per heavy atom. The average molecular weight is 294 g/mol. The van der Waals surface area contributed by atoms with Gasteiger partial charge in [-0.3, -0.25) is 0 Å². The van der Waals surface area contributed by atoms with Gasteiger partial charge in [-0.25, -0.2) is 8.42 Å². The third-order valence-corrected chi connectivity index (χ3v) is 5.23. The van der Waals surface area contributed by atoms with E-state index in [4.69, 9.17) is 11.6 Å². The molecule has 2 aromatic carbocycles. The van der Waals surface area contributed by atoms with E-state index in [2.05, 4.69) is 5.32 Å². The molecule has 0 bridgehead atoms. The van der Waals surface area contributed by atoms with Gasteiger partial charge >= 0.3 is 0 Å². The van der Waals surface area contributed by atoms with Gasteiger partial charge in [0.15, 0.2) is 9.84 Å². The van der Waals surface area contributed by atoms with Crippen molar-refractivity contribution in [2.24, 2.45) is 0 Å². The number of rotatable bonds is 2. The zero-order chi connectivity index (χ0) is 13.5. The maximum Gasteiger partial charge on any atom is 0.181 e. The van der Waals surface area contributed by atoms with Gasteiger partial charge in [0.25, 0.3) is 0 Å². The summed E-state index contributed by atoms with van der Waals surface area (Å²) in [4.78, 5) is 0.425. The Bertz CT molecular complexity index is 728. The second-order valence-corrected chi connectivity index (χ2v) is 6.97. The number of nitrogens with one attached hydrogen (secondary N) is 1. The number of fused-ring (bicyclic) bond motifs is 1. The Balaban J connectivity index is 1.96. The largest absolute Gasteiger partial charge is 0.377 e. The van der Waals surface area contributed by atoms with Crippen molar-refractivity contribution < 1.29 is 8.42 Å². The van der Waals surface area contributed by atoms with Crippen LogP contribution in [0.25, 0.3) is 0 Å². The molecule has 0 spiro atoms. The molecule has 5 heteroatoms. The highest BCUT2D eigenvalue weighted by molar-refractivity contribution is 7.91. The van der Waals surface area contributed by atoms with E-state index in [-0.39, 0.29) is 11.8 Å². The second kappa shape index (κ2) is 4.54. The number of sulfone groups is 1. The van der Waals surface area contributed by atoms with Gasteiger partial charge in [-0.15, -0.1) is 0 Å². The van der Waals surface area contributed by atoms with Gasteiger partial charge in [0.05, 0.1) is 16.7 Å². The van der Waals surface area contributed by atoms with Crippen molar-refractivity contribution in [2.45, 2.75) is 10.9 Å². The Morgan fingerprint density at radius 1 is 1.11 bits per heavy atom. The summed E-state index contributed by atoms with van der Waals surface area (Å²) in [5.74, 6) is 0.0822. The molecule has 0 radical (unpaired) electrons. The summed E-state index contributed by atoms with van der Waals surface area (Å²) in [5.41, 5.74) is 1.65. The van der Waals surface area contributed by atoms with Crippen LogP contribution in [0.2, 0.25) is 5.02 Å². The van der Waals surface area contributed by atoms with Crippen LogP contribution in [0.3, 0.4) is 0 Å². The first-order valence-electron chi connectivity index (χ1n) is 5.90. The van der Waals surface area contributed by atoms with E-state index in [9.17, 15) is 8.42 Å². The van der Waals surface area contributed by atoms with Crippen molar-refractivity contribution in [1.82, 2.24) is 0 Å². The molecule has 2 aromatic rings. The molecule has 1 aliphatic heterocycles. The van der Waals surface area contributed by atoms with Crippen LogP contribution in [-0.4, -0.2) is 14.2 Å². The molecule has 1 aliphatic rings. The average Bonchev–Trinajstić information content (AvgIpc) is 2.62. The van der Waals surface area contributed by atoms with Crippen LogP contribution in [0.4, 0.5) is 5.69 Å². The molecule has 1 N–H and O–H groups in total. The highest BCUT2D eigenvalue weighted by Gasteiger charge is 2.34. The van der Waals surface area contributed by atoms with E-state index in [0.29, 0.717) is 9.92 Å². The minimum atomic E-state index is -3.18. The minimum absolute atomic E-state index is 0.0822. The van der Waals surface area contributed by atoms with Crippen molar-refractivity contribution >= 4 is 27.1 Å². The summed E-state index contributed by atoms with van der Waals surface area (Å²) >= 11 is 5.93. The molecule has 1 heterocycles. The van der Waals surface area contributed by atoms with Crippen LogP contribution in [0, 0.1) is 0 Å². The molecule has 0 amide bonds. The first-order chi connectivity index (χ1) is 9.06. The molecule has 0 saturated carbocycles. The number of halogens is 1. The highest BCUT2D eigenvalue weighted by Crippen LogP contribution is 2.35. The molecule has 98 valence electrons. The quantitative estimate of drug-likeness (QED) is 0.924. The highest BCUT2D eigenvalue weighted by atomic mass is 35.5. The van der Waals surface area contributed by atoms with Crippen molar-refractivity contribution in [3.05, 3.63) is 59.1 Å². The van der Waals surface area contributed by atoms with E-state index >= 15 is 0 Å². The van der Waals surface area contributed by atoms with Gasteiger partial charge in [0, 0.05) is 10.7 Å². The fourth-order valence-electron chi connectivity index (χ4n) is 2.35. The van der Waals surface area contributed by atoms with E-state index in [1.807, 2.05) is 24.3 Å². The van der Waals surface area contributed by atoms with E-state index in [1.165, 1.54) is 0 Å². The Morgan fingerprint density at radius 2 is 1.89 bits per heavy atom. The Hall–Kier alpha value is -1.52. The smallest absolute Gasteiger partial charge is 0.181 e. The van der Waals surface area contributed by atoms with E-state index in [0.717, 1.165) is 11.3 Å². The van der Waals surface area contributed by atoms with Crippen LogP contribution < -0.4 is 5.32 Å². The normalized spacial score (nSPS) is 19.9. The van der Waals surface area contributed by atoms with Crippen molar-refractivity contribution in [3.63, 3.8) is 0 Å². The van der Waals surface area contributed by atoms with Crippen molar-refractivity contribution in [1.29, 1.82) is 0 Å². The maximum atomic E-state index is 12.1. The lowest BCUT2D eigenvalue weighted by molar-refractivity contribution is 0.598. The zero-order valence-corrected chi connectivity index (χ0v) is 11.6. The fourth-order valence-corrected chi connectivity index (χ4v) is 4.28. The predicted molar refractivity (Wildman–Crippen MR) is 76.3 cm³/mol. The summed E-state index contributed by atoms with van der Waals surface area (Å²) in [6.45, 7) is 0. The molecule has 0 fully saturated rings. The summed E-state index contributed by atoms with van der Waals surface area (Å²) < 4.78 is 24.1. The first-order valence-corrected chi connectivity index (χ1v) is 7.93. The molecule has 19 heavy (non-hydrogen) atoms. The van der Waals surface area contributed by atoms with Gasteiger partial charge in [-0.2, -0.15) is 0 Å². The molecular formula is C14H12ClNO2S. The minimum Gasteiger partial charge on any atom is -0.377 e. The van der Waals surface area contributed by atoms with E-state index < -0.39 is 9.84 Å². The van der Waals surface area contributed by atoms with Crippen LogP contribution in [-0.2, 0) is 9.84 Å². The number of benzene rings is 2. The molecule has 0 aliphatic carbocycles. The summed E-state index contributed by atoms with van der Waals surface area (Å²) in [5, 5.41) is 3.85. The standard InChI is InChI=1S/C14H12ClNO2S/c15-10-4-3-5-11(8-10)16-13-9-19(17,18)14-7-2-1-6-12(13)14/h1-8,13,16H,9H2. The van der Waals surface area contributed by atoms with Crippen LogP contribution in [0.15, 0.2) is 53.4 Å². The molecule has 1 unspecified atom stereocenters. The third kappa shape index (κ3) is 2.33. The lowest BCUT2D eigenvalue weighted by atomic mass is 10.1. The molecule has 0 aromatic heterocycles. The monoisotopic (exact) mass is 293 g/mol. The molecular weight excluding hydrogens is 282 g/mol. The van der Waals surface area contributed by atoms with Gasteiger partial charge in [-0.05, 0) is 29.8 Å². The third-order valence-electron chi connectivity index (χ3n) is 3.18. The Kier molecular flexibility index (Phi) is 2.99. The lowest BCUT2D eigenvalue weighted by Crippen LogP contribution is -2.12. The summed E-state index contributed by atoms with van der Waals surface area (Å²) in [6.07, 6.45) is 0. The van der Waals surface area contributed by atoms with E-state index in [1.54, 1.807) is 24.3 Å². The predicted octanol–water partition coefficient (Wildman–Crippen LogP) is 3.28. The molecule has 3 nitrogen and oxygen atoms in total. The van der Waals surface area contributed by atoms with Gasteiger partial charge in [0.1, 0.15) is 0 Å². The summed E-state index contributed by atoms with van der Waals surface area (Å²) in [6, 6.07) is 14.2. The first kappa shape index (κ1) is 12.5. The van der Waals surface area contributed by atoms with Crippen molar-refractivity contribution in [3.8, 4) is 0 Å². The van der Waals surface area contributed by atoms with Gasteiger partial charge in [-0.1, -0.05) is 35.9 Å². The lowest BCUT2D eigenvalue weighted by Gasteiger charge is -2.14. The topological polar surface area (TPSA) is 46.2 Å². The molecule has 0 saturated heterocycles. The SMILES string of the molecule is O=S1(=O)CC(Nc2cccc(Cl)c2)c2ccccc21. The number of hydrogen-bond acceptors (Lipinski definition) is 3. The number of hydrogen-bond donors (Lipinski definition) is 1. The molecule has 3 rings (SSSR count). The summed E-state index contributed by atoms with van der Waals surface area (Å²) in [7, 11) is -3.18. The zero-order valence-electron chi connectivity index (χ0n) is 10.0. The number of anilines is 1. The second-order valence-electron chi connectivity index (χ2n) is 4.53. The van der Waals surface area contributed by atoms with Gasteiger partial charge < -0.3 is 5.32 Å². The van der Waals surface area contributed by atoms with Crippen molar-refractivity contribution in [2.75, 3.05) is 11.1 Å². The van der Waals surface area contributed by atoms with Crippen LogP contribution in [0.1, 0.15) is 11.6 Å². The fraction of sp³-hybridized carbons (Fsp3) is 0.143.